The van der Waals surface area contributed by atoms with Crippen LogP contribution in [0.4, 0.5) is 0 Å². The lowest BCUT2D eigenvalue weighted by atomic mass is 9.88. The summed E-state index contributed by atoms with van der Waals surface area (Å²) in [6, 6.07) is 21.3. The van der Waals surface area contributed by atoms with E-state index in [1.165, 1.54) is 10.4 Å². The molecule has 33 heavy (non-hydrogen) atoms. The fraction of sp³-hybridized carbons (Fsp3) is 0.433. The molecule has 3 rings (SSSR count). The van der Waals surface area contributed by atoms with Crippen LogP contribution in [0.5, 0.6) is 0 Å². The Morgan fingerprint density at radius 3 is 1.94 bits per heavy atom. The lowest BCUT2D eigenvalue weighted by molar-refractivity contribution is -0.116. The Morgan fingerprint density at radius 2 is 1.45 bits per heavy atom. The molecular formula is C30H40O2Si. The molecule has 0 aliphatic heterocycles. The van der Waals surface area contributed by atoms with E-state index in [1.807, 2.05) is 6.92 Å². The van der Waals surface area contributed by atoms with Gasteiger partial charge in [0, 0.05) is 18.4 Å². The summed E-state index contributed by atoms with van der Waals surface area (Å²) in [7, 11) is -2.74. The van der Waals surface area contributed by atoms with Crippen molar-refractivity contribution in [1.29, 1.82) is 0 Å². The maximum atomic E-state index is 13.3. The van der Waals surface area contributed by atoms with Crippen molar-refractivity contribution in [3.8, 4) is 0 Å². The molecule has 0 radical (unpaired) electrons. The minimum atomic E-state index is -2.74. The second-order valence-corrected chi connectivity index (χ2v) is 14.9. The van der Waals surface area contributed by atoms with E-state index in [4.69, 9.17) is 4.43 Å². The Balaban J connectivity index is 2.12. The molecule has 1 aliphatic rings. The van der Waals surface area contributed by atoms with E-state index in [0.29, 0.717) is 18.3 Å². The average molecular weight is 461 g/mol. The van der Waals surface area contributed by atoms with Gasteiger partial charge in [-0.3, -0.25) is 4.79 Å². The first-order valence-corrected chi connectivity index (χ1v) is 14.3. The molecule has 1 aliphatic carbocycles. The van der Waals surface area contributed by atoms with Gasteiger partial charge in [0.1, 0.15) is 0 Å². The molecule has 0 fully saturated rings. The summed E-state index contributed by atoms with van der Waals surface area (Å²) in [5.74, 6) is 2.11. The van der Waals surface area contributed by atoms with Crippen LogP contribution >= 0.6 is 0 Å². The molecule has 0 saturated heterocycles. The Kier molecular flexibility index (Phi) is 8.17. The van der Waals surface area contributed by atoms with Crippen molar-refractivity contribution in [3.05, 3.63) is 84.1 Å². The minimum Gasteiger partial charge on any atom is -0.537 e. The molecule has 0 unspecified atom stereocenters. The third-order valence-corrected chi connectivity index (χ3v) is 12.0. The van der Waals surface area contributed by atoms with E-state index in [0.717, 1.165) is 30.6 Å². The summed E-state index contributed by atoms with van der Waals surface area (Å²) in [6.45, 7) is 13.3. The summed E-state index contributed by atoms with van der Waals surface area (Å²) in [5.41, 5.74) is 0.806. The predicted molar refractivity (Wildman–Crippen MR) is 142 cm³/mol. The zero-order valence-corrected chi connectivity index (χ0v) is 22.2. The fourth-order valence-corrected chi connectivity index (χ4v) is 9.48. The van der Waals surface area contributed by atoms with Gasteiger partial charge in [-0.05, 0) is 47.0 Å². The van der Waals surface area contributed by atoms with Gasteiger partial charge < -0.3 is 4.43 Å². The summed E-state index contributed by atoms with van der Waals surface area (Å²) in [6.07, 6.45) is 7.73. The highest BCUT2D eigenvalue weighted by molar-refractivity contribution is 6.99. The maximum absolute atomic E-state index is 13.3. The highest BCUT2D eigenvalue weighted by Crippen LogP contribution is 2.39. The summed E-state index contributed by atoms with van der Waals surface area (Å²) in [5, 5.41) is 2.35. The molecular weight excluding hydrogens is 420 g/mol. The number of carbonyl (C=O) groups is 1. The van der Waals surface area contributed by atoms with Gasteiger partial charge in [0.15, 0.2) is 5.78 Å². The lowest BCUT2D eigenvalue weighted by Crippen LogP contribution is -2.66. The quantitative estimate of drug-likeness (QED) is 0.362. The first-order chi connectivity index (χ1) is 15.7. The third kappa shape index (κ3) is 5.58. The van der Waals surface area contributed by atoms with Crippen molar-refractivity contribution >= 4 is 24.5 Å². The van der Waals surface area contributed by atoms with E-state index in [9.17, 15) is 4.79 Å². The van der Waals surface area contributed by atoms with Crippen LogP contribution in [-0.2, 0) is 9.22 Å². The third-order valence-electron chi connectivity index (χ3n) is 7.01. The van der Waals surface area contributed by atoms with Gasteiger partial charge in [0.25, 0.3) is 0 Å². The van der Waals surface area contributed by atoms with Gasteiger partial charge in [-0.2, -0.15) is 0 Å². The van der Waals surface area contributed by atoms with Crippen molar-refractivity contribution in [2.45, 2.75) is 72.3 Å². The second kappa shape index (κ2) is 10.7. The molecule has 2 nitrogen and oxygen atoms in total. The van der Waals surface area contributed by atoms with Crippen LogP contribution in [0.3, 0.4) is 0 Å². The highest BCUT2D eigenvalue weighted by Gasteiger charge is 2.52. The molecule has 0 spiro atoms. The number of ketones is 1. The first-order valence-electron chi connectivity index (χ1n) is 12.4. The van der Waals surface area contributed by atoms with Gasteiger partial charge in [-0.15, -0.1) is 0 Å². The molecule has 2 aromatic rings. The van der Waals surface area contributed by atoms with Gasteiger partial charge in [-0.25, -0.2) is 0 Å². The Morgan fingerprint density at radius 1 is 0.909 bits per heavy atom. The number of benzene rings is 2. The number of Topliss-reactive ketones (excluding diaryl/α,β-unsaturated/α-hetero) is 1. The minimum absolute atomic E-state index is 0.125. The molecule has 0 amide bonds. The predicted octanol–water partition coefficient (Wildman–Crippen LogP) is 6.81. The van der Waals surface area contributed by atoms with Crippen molar-refractivity contribution < 1.29 is 9.22 Å². The van der Waals surface area contributed by atoms with Crippen LogP contribution in [-0.4, -0.2) is 14.1 Å². The second-order valence-electron chi connectivity index (χ2n) is 10.7. The van der Waals surface area contributed by atoms with Crippen LogP contribution < -0.4 is 10.4 Å². The van der Waals surface area contributed by atoms with Crippen molar-refractivity contribution in [2.75, 3.05) is 0 Å². The molecule has 0 bridgehead atoms. The van der Waals surface area contributed by atoms with Crippen LogP contribution in [0, 0.1) is 11.8 Å². The van der Waals surface area contributed by atoms with Crippen LogP contribution in [0.15, 0.2) is 84.1 Å². The molecule has 2 aromatic carbocycles. The van der Waals surface area contributed by atoms with Crippen LogP contribution in [0.1, 0.15) is 67.2 Å². The fourth-order valence-electron chi connectivity index (χ4n) is 4.93. The van der Waals surface area contributed by atoms with Gasteiger partial charge in [0.2, 0.25) is 0 Å². The molecule has 0 saturated carbocycles. The molecule has 3 heteroatoms. The van der Waals surface area contributed by atoms with Crippen molar-refractivity contribution in [2.24, 2.45) is 11.8 Å². The van der Waals surface area contributed by atoms with Gasteiger partial charge in [0.05, 0.1) is 5.76 Å². The van der Waals surface area contributed by atoms with Crippen LogP contribution in [0.25, 0.3) is 0 Å². The zero-order chi connectivity index (χ0) is 24.1. The van der Waals surface area contributed by atoms with Gasteiger partial charge >= 0.3 is 8.32 Å². The molecule has 0 heterocycles. The van der Waals surface area contributed by atoms with E-state index >= 15 is 0 Å². The summed E-state index contributed by atoms with van der Waals surface area (Å²) >= 11 is 0. The molecule has 0 N–H and O–H groups in total. The van der Waals surface area contributed by atoms with Crippen molar-refractivity contribution in [3.63, 3.8) is 0 Å². The Labute approximate surface area is 201 Å². The average Bonchev–Trinajstić information content (AvgIpc) is 2.79. The van der Waals surface area contributed by atoms with E-state index in [-0.39, 0.29) is 10.8 Å². The Hall–Kier alpha value is -2.39. The van der Waals surface area contributed by atoms with E-state index in [2.05, 4.69) is 107 Å². The Bertz CT molecular complexity index is 941. The lowest BCUT2D eigenvalue weighted by Gasteiger charge is -2.44. The molecule has 0 aromatic heterocycles. The number of hydrogen-bond acceptors (Lipinski definition) is 2. The summed E-state index contributed by atoms with van der Waals surface area (Å²) < 4.78 is 7.27. The first kappa shape index (κ1) is 25.2. The zero-order valence-electron chi connectivity index (χ0n) is 21.2. The topological polar surface area (TPSA) is 26.3 Å². The molecule has 1 atom stereocenters. The summed E-state index contributed by atoms with van der Waals surface area (Å²) in [4.78, 5) is 13.3. The monoisotopic (exact) mass is 460 g/mol. The number of hydrogen-bond donors (Lipinski definition) is 0. The van der Waals surface area contributed by atoms with E-state index in [1.54, 1.807) is 0 Å². The number of allylic oxidation sites excluding steroid dienone is 4. The van der Waals surface area contributed by atoms with Crippen LogP contribution in [0.2, 0.25) is 5.04 Å². The van der Waals surface area contributed by atoms with Crippen molar-refractivity contribution in [1.82, 2.24) is 0 Å². The van der Waals surface area contributed by atoms with Gasteiger partial charge in [-0.1, -0.05) is 107 Å². The normalized spacial score (nSPS) is 18.5. The highest BCUT2D eigenvalue weighted by atomic mass is 28.4. The largest absolute Gasteiger partial charge is 0.537 e. The smallest absolute Gasteiger partial charge is 0.319 e. The van der Waals surface area contributed by atoms with E-state index < -0.39 is 8.32 Å². The number of carbonyl (C=O) groups excluding carboxylic acids is 1. The maximum Gasteiger partial charge on any atom is 0.319 e. The standard InChI is InChI=1S/C30H40O2Si/c1-23(2)25-15-13-14-20-29(24(3)28(31)22-21-25)32-33(30(4,5)6,26-16-9-7-10-17-26)27-18-11-8-12-19-27/h7-13,15-19,23,25H,14,20-22H2,1-6H3/t25-/m1/s1. The molecule has 176 valence electrons. The number of rotatable bonds is 5. The SMILES string of the molecule is CC1=C(O[Si](c2ccccc2)(c2ccccc2)C(C)(C)C)CCC=C[C@@H](C(C)C)CCC1=O.